The second-order valence-electron chi connectivity index (χ2n) is 6.69. The predicted octanol–water partition coefficient (Wildman–Crippen LogP) is -1.63. The van der Waals surface area contributed by atoms with Crippen molar-refractivity contribution in [1.29, 1.82) is 0 Å². The van der Waals surface area contributed by atoms with E-state index in [4.69, 9.17) is 23.7 Å². The average molecular weight is 448 g/mol. The molecule has 172 valence electrons. The van der Waals surface area contributed by atoms with Gasteiger partial charge in [-0.1, -0.05) is 0 Å². The van der Waals surface area contributed by atoms with Gasteiger partial charge in [-0.3, -0.25) is 4.90 Å². The van der Waals surface area contributed by atoms with Crippen molar-refractivity contribution in [1.82, 2.24) is 9.80 Å². The van der Waals surface area contributed by atoms with Crippen LogP contribution in [0.1, 0.15) is 12.5 Å². The summed E-state index contributed by atoms with van der Waals surface area (Å²) >= 11 is 0. The lowest BCUT2D eigenvalue weighted by Gasteiger charge is -2.34. The highest BCUT2D eigenvalue weighted by Crippen LogP contribution is 2.38. The Hall–Kier alpha value is -1.94. The van der Waals surface area contributed by atoms with Crippen LogP contribution >= 0.6 is 0 Å². The van der Waals surface area contributed by atoms with Crippen LogP contribution in [0.2, 0.25) is 0 Å². The normalized spacial score (nSPS) is 15.2. The molecule has 1 aliphatic heterocycles. The fraction of sp³-hybridized carbons (Fsp3) is 0.650. The summed E-state index contributed by atoms with van der Waals surface area (Å²) in [6.07, 6.45) is -0.896. The number of halogens is 1. The average Bonchev–Trinajstić information content (AvgIpc) is 2.73. The van der Waals surface area contributed by atoms with E-state index in [0.717, 1.165) is 5.56 Å². The van der Waals surface area contributed by atoms with Gasteiger partial charge in [0.15, 0.2) is 11.5 Å². The van der Waals surface area contributed by atoms with Crippen LogP contribution < -0.4 is 26.6 Å². The van der Waals surface area contributed by atoms with E-state index >= 15 is 0 Å². The van der Waals surface area contributed by atoms with Gasteiger partial charge in [0, 0.05) is 32.7 Å². The third-order valence-corrected chi connectivity index (χ3v) is 4.67. The van der Waals surface area contributed by atoms with E-state index in [1.54, 1.807) is 33.2 Å². The van der Waals surface area contributed by atoms with E-state index in [1.807, 2.05) is 12.1 Å². The molecule has 1 atom stereocenters. The smallest absolute Gasteiger partial charge is 0.409 e. The van der Waals surface area contributed by atoms with Crippen molar-refractivity contribution >= 4 is 6.09 Å². The number of carbonyl (C=O) groups is 1. The molecule has 9 nitrogen and oxygen atoms in total. The largest absolute Gasteiger partial charge is 1.00 e. The Morgan fingerprint density at radius 2 is 1.67 bits per heavy atom. The van der Waals surface area contributed by atoms with Crippen molar-refractivity contribution in [3.8, 4) is 17.2 Å². The van der Waals surface area contributed by atoms with Crippen LogP contribution in [-0.4, -0.2) is 94.4 Å². The molecule has 1 heterocycles. The highest BCUT2D eigenvalue weighted by molar-refractivity contribution is 5.67. The van der Waals surface area contributed by atoms with Gasteiger partial charge < -0.3 is 46.1 Å². The lowest BCUT2D eigenvalue weighted by molar-refractivity contribution is -0.000134. The molecule has 0 bridgehead atoms. The highest BCUT2D eigenvalue weighted by atomic mass is 35.5. The number of hydrogen-bond acceptors (Lipinski definition) is 8. The van der Waals surface area contributed by atoms with E-state index < -0.39 is 6.10 Å². The lowest BCUT2D eigenvalue weighted by Crippen LogP contribution is -3.00. The summed E-state index contributed by atoms with van der Waals surface area (Å²) in [5, 5.41) is 10.3. The van der Waals surface area contributed by atoms with E-state index in [1.165, 1.54) is 0 Å². The molecule has 0 aliphatic carbocycles. The summed E-state index contributed by atoms with van der Waals surface area (Å²) in [7, 11) is 4.68. The summed E-state index contributed by atoms with van der Waals surface area (Å²) in [6, 6.07) is 3.64. The molecule has 1 aromatic carbocycles. The van der Waals surface area contributed by atoms with Crippen molar-refractivity contribution in [3.05, 3.63) is 17.7 Å². The lowest BCUT2D eigenvalue weighted by atomic mass is 10.2. The summed E-state index contributed by atoms with van der Waals surface area (Å²) in [4.78, 5) is 15.5. The van der Waals surface area contributed by atoms with Crippen LogP contribution in [0.5, 0.6) is 17.2 Å². The van der Waals surface area contributed by atoms with Crippen LogP contribution in [-0.2, 0) is 16.1 Å². The summed E-state index contributed by atoms with van der Waals surface area (Å²) in [5.74, 6) is 1.65. The molecular formula is C20H32ClN2O7-. The van der Waals surface area contributed by atoms with Gasteiger partial charge in [0.05, 0.1) is 47.3 Å². The van der Waals surface area contributed by atoms with E-state index in [-0.39, 0.29) is 25.1 Å². The number of hydrogen-bond donors (Lipinski definition) is 1. The van der Waals surface area contributed by atoms with Crippen LogP contribution in [0.25, 0.3) is 0 Å². The minimum absolute atomic E-state index is 0. The molecule has 10 heteroatoms. The van der Waals surface area contributed by atoms with Crippen LogP contribution in [0.15, 0.2) is 12.1 Å². The van der Waals surface area contributed by atoms with Gasteiger partial charge in [-0.05, 0) is 24.6 Å². The number of methoxy groups -OCH3 is 3. The first-order valence-corrected chi connectivity index (χ1v) is 9.71. The maximum Gasteiger partial charge on any atom is 0.409 e. The molecule has 1 unspecified atom stereocenters. The Bertz CT molecular complexity index is 629. The number of rotatable bonds is 10. The molecule has 0 radical (unpaired) electrons. The maximum absolute atomic E-state index is 11.7. The number of piperazine rings is 1. The number of ether oxygens (including phenoxy) is 5. The van der Waals surface area contributed by atoms with Gasteiger partial charge in [0.1, 0.15) is 0 Å². The molecular weight excluding hydrogens is 416 g/mol. The summed E-state index contributed by atoms with van der Waals surface area (Å²) in [5.41, 5.74) is 0.856. The first-order chi connectivity index (χ1) is 14.0. The molecule has 1 aromatic rings. The van der Waals surface area contributed by atoms with Gasteiger partial charge in [0.2, 0.25) is 5.75 Å². The topological polar surface area (TPSA) is 89.9 Å². The van der Waals surface area contributed by atoms with Gasteiger partial charge in [-0.15, -0.1) is 0 Å². The zero-order valence-electron chi connectivity index (χ0n) is 18.1. The van der Waals surface area contributed by atoms with Crippen LogP contribution in [0.4, 0.5) is 4.79 Å². The number of carbonyl (C=O) groups excluding carboxylic acids is 1. The van der Waals surface area contributed by atoms with Crippen molar-refractivity contribution in [3.63, 3.8) is 0 Å². The Balaban J connectivity index is 0.00000450. The molecule has 0 aromatic heterocycles. The molecule has 1 amide bonds. The third kappa shape index (κ3) is 7.39. The molecule has 1 fully saturated rings. The Morgan fingerprint density at radius 1 is 1.07 bits per heavy atom. The molecule has 30 heavy (non-hydrogen) atoms. The second kappa shape index (κ2) is 13.4. The zero-order chi connectivity index (χ0) is 21.2. The van der Waals surface area contributed by atoms with Crippen molar-refractivity contribution in [2.24, 2.45) is 0 Å². The van der Waals surface area contributed by atoms with E-state index in [9.17, 15) is 9.90 Å². The molecule has 1 N–H and O–H groups in total. The minimum atomic E-state index is -0.619. The molecule has 1 aliphatic rings. The number of benzene rings is 1. The van der Waals surface area contributed by atoms with E-state index in [2.05, 4.69) is 4.90 Å². The van der Waals surface area contributed by atoms with Crippen LogP contribution in [0.3, 0.4) is 0 Å². The quantitative estimate of drug-likeness (QED) is 0.457. The van der Waals surface area contributed by atoms with Gasteiger partial charge >= 0.3 is 6.09 Å². The van der Waals surface area contributed by atoms with E-state index in [0.29, 0.717) is 63.2 Å². The zero-order valence-corrected chi connectivity index (χ0v) is 18.8. The van der Waals surface area contributed by atoms with Crippen molar-refractivity contribution < 1.29 is 46.0 Å². The van der Waals surface area contributed by atoms with Crippen molar-refractivity contribution in [2.45, 2.75) is 19.6 Å². The third-order valence-electron chi connectivity index (χ3n) is 4.67. The van der Waals surface area contributed by atoms with Crippen molar-refractivity contribution in [2.75, 3.05) is 67.3 Å². The SMILES string of the molecule is CCOC(=O)N1CCN(CC(O)COCc2cc(OC)c(OC)c(OC)c2)CC1.[Cl-]. The van der Waals surface area contributed by atoms with Crippen LogP contribution in [0, 0.1) is 0 Å². The highest BCUT2D eigenvalue weighted by Gasteiger charge is 2.23. The first-order valence-electron chi connectivity index (χ1n) is 9.71. The molecule has 0 spiro atoms. The molecule has 0 saturated carbocycles. The summed E-state index contributed by atoms with van der Waals surface area (Å²) < 4.78 is 26.7. The number of aliphatic hydroxyl groups is 1. The maximum atomic E-state index is 11.7. The Labute approximate surface area is 184 Å². The monoisotopic (exact) mass is 447 g/mol. The molecule has 2 rings (SSSR count). The Morgan fingerprint density at radius 3 is 2.17 bits per heavy atom. The number of amides is 1. The predicted molar refractivity (Wildman–Crippen MR) is 107 cm³/mol. The standard InChI is InChI=1S/C20H32N2O7.ClH/c1-5-29-20(24)22-8-6-21(7-9-22)12-16(23)14-28-13-15-10-17(25-2)19(27-4)18(11-15)26-3;/h10-11,16,23H,5-9,12-14H2,1-4H3;1H/p-1. The number of β-amino-alcohol motifs (C(OH)–C–C–N with tert-alkyl or cyclic N) is 1. The molecule has 1 saturated heterocycles. The fourth-order valence-corrected chi connectivity index (χ4v) is 3.21. The minimum Gasteiger partial charge on any atom is -1.00 e. The fourth-order valence-electron chi connectivity index (χ4n) is 3.21. The first kappa shape index (κ1) is 26.1. The van der Waals surface area contributed by atoms with Gasteiger partial charge in [0.25, 0.3) is 0 Å². The number of nitrogens with zero attached hydrogens (tertiary/aromatic N) is 2. The van der Waals surface area contributed by atoms with Gasteiger partial charge in [-0.25, -0.2) is 4.79 Å². The van der Waals surface area contributed by atoms with Gasteiger partial charge in [-0.2, -0.15) is 0 Å². The number of aliphatic hydroxyl groups excluding tert-OH is 1. The Kier molecular flexibility index (Phi) is 11.6. The summed E-state index contributed by atoms with van der Waals surface area (Å²) in [6.45, 7) is 5.76. The second-order valence-corrected chi connectivity index (χ2v) is 6.69.